The SMILES string of the molecule is O=C([C@H]1Cc2ccccc2O1)N(Cc1ccsc1)c1cccnc1. The maximum Gasteiger partial charge on any atom is 0.268 e. The lowest BCUT2D eigenvalue weighted by molar-refractivity contribution is -0.124. The first-order chi connectivity index (χ1) is 11.8. The molecule has 1 aliphatic rings. The van der Waals surface area contributed by atoms with Crippen LogP contribution in [-0.2, 0) is 17.8 Å². The highest BCUT2D eigenvalue weighted by molar-refractivity contribution is 7.07. The van der Waals surface area contributed by atoms with Gasteiger partial charge in [-0.1, -0.05) is 18.2 Å². The number of amides is 1. The van der Waals surface area contributed by atoms with Crippen molar-refractivity contribution in [3.63, 3.8) is 0 Å². The number of hydrogen-bond donors (Lipinski definition) is 0. The van der Waals surface area contributed by atoms with E-state index in [1.807, 2.05) is 47.8 Å². The lowest BCUT2D eigenvalue weighted by Gasteiger charge is -2.25. The molecule has 0 unspecified atom stereocenters. The number of aromatic nitrogens is 1. The molecule has 4 nitrogen and oxygen atoms in total. The Hall–Kier alpha value is -2.66. The first-order valence-electron chi connectivity index (χ1n) is 7.78. The van der Waals surface area contributed by atoms with Gasteiger partial charge in [0.15, 0.2) is 6.10 Å². The molecule has 24 heavy (non-hydrogen) atoms. The summed E-state index contributed by atoms with van der Waals surface area (Å²) >= 11 is 1.63. The lowest BCUT2D eigenvalue weighted by Crippen LogP contribution is -2.41. The zero-order valence-electron chi connectivity index (χ0n) is 13.0. The first kappa shape index (κ1) is 14.9. The number of carbonyl (C=O) groups excluding carboxylic acids is 1. The van der Waals surface area contributed by atoms with E-state index in [2.05, 4.69) is 10.4 Å². The van der Waals surface area contributed by atoms with Gasteiger partial charge in [-0.3, -0.25) is 9.78 Å². The monoisotopic (exact) mass is 336 g/mol. The molecule has 0 fully saturated rings. The van der Waals surface area contributed by atoms with Crippen molar-refractivity contribution in [1.82, 2.24) is 4.98 Å². The zero-order chi connectivity index (χ0) is 16.4. The Kier molecular flexibility index (Phi) is 4.01. The molecule has 2 aromatic heterocycles. The van der Waals surface area contributed by atoms with E-state index in [1.54, 1.807) is 28.6 Å². The Morgan fingerprint density at radius 1 is 1.25 bits per heavy atom. The smallest absolute Gasteiger partial charge is 0.268 e. The standard InChI is InChI=1S/C19H16N2O2S/c22-19(18-10-15-4-1-2-6-17(15)23-18)21(12-14-7-9-24-13-14)16-5-3-8-20-11-16/h1-9,11,13,18H,10,12H2/t18-/m1/s1. The van der Waals surface area contributed by atoms with Gasteiger partial charge in [0.25, 0.3) is 5.91 Å². The van der Waals surface area contributed by atoms with Crippen LogP contribution in [0.2, 0.25) is 0 Å². The van der Waals surface area contributed by atoms with Gasteiger partial charge in [-0.05, 0) is 46.2 Å². The van der Waals surface area contributed by atoms with E-state index in [1.165, 1.54) is 0 Å². The number of benzene rings is 1. The summed E-state index contributed by atoms with van der Waals surface area (Å²) in [5.74, 6) is 0.767. The fourth-order valence-corrected chi connectivity index (χ4v) is 3.53. The summed E-state index contributed by atoms with van der Waals surface area (Å²) in [7, 11) is 0. The molecule has 1 aliphatic heterocycles. The summed E-state index contributed by atoms with van der Waals surface area (Å²) in [6, 6.07) is 13.6. The van der Waals surface area contributed by atoms with Gasteiger partial charge in [-0.2, -0.15) is 11.3 Å². The number of pyridine rings is 1. The van der Waals surface area contributed by atoms with Gasteiger partial charge < -0.3 is 9.64 Å². The van der Waals surface area contributed by atoms with E-state index in [4.69, 9.17) is 4.74 Å². The van der Waals surface area contributed by atoms with Gasteiger partial charge >= 0.3 is 0 Å². The summed E-state index contributed by atoms with van der Waals surface area (Å²) < 4.78 is 5.88. The number of nitrogens with zero attached hydrogens (tertiary/aromatic N) is 2. The molecule has 0 saturated carbocycles. The van der Waals surface area contributed by atoms with Crippen LogP contribution in [0.4, 0.5) is 5.69 Å². The van der Waals surface area contributed by atoms with Crippen molar-refractivity contribution < 1.29 is 9.53 Å². The van der Waals surface area contributed by atoms with Crippen LogP contribution >= 0.6 is 11.3 Å². The molecule has 1 atom stereocenters. The van der Waals surface area contributed by atoms with Gasteiger partial charge in [-0.25, -0.2) is 0 Å². The Labute approximate surface area is 144 Å². The predicted molar refractivity (Wildman–Crippen MR) is 94.3 cm³/mol. The first-order valence-corrected chi connectivity index (χ1v) is 8.72. The van der Waals surface area contributed by atoms with Gasteiger partial charge in [0.1, 0.15) is 5.75 Å². The molecule has 0 aliphatic carbocycles. The number of carbonyl (C=O) groups is 1. The largest absolute Gasteiger partial charge is 0.480 e. The van der Waals surface area contributed by atoms with Gasteiger partial charge in [0.05, 0.1) is 18.4 Å². The number of para-hydroxylation sites is 1. The normalized spacial score (nSPS) is 15.6. The minimum atomic E-state index is -0.485. The molecule has 0 bridgehead atoms. The molecule has 120 valence electrons. The van der Waals surface area contributed by atoms with Crippen LogP contribution in [0.5, 0.6) is 5.75 Å². The van der Waals surface area contributed by atoms with Crippen molar-refractivity contribution in [1.29, 1.82) is 0 Å². The molecular formula is C19H16N2O2S. The van der Waals surface area contributed by atoms with Crippen molar-refractivity contribution in [2.75, 3.05) is 4.90 Å². The van der Waals surface area contributed by atoms with Crippen LogP contribution in [-0.4, -0.2) is 17.0 Å². The number of hydrogen-bond acceptors (Lipinski definition) is 4. The Bertz CT molecular complexity index is 809. The number of ether oxygens (including phenoxy) is 1. The molecular weight excluding hydrogens is 320 g/mol. The summed E-state index contributed by atoms with van der Waals surface area (Å²) in [4.78, 5) is 19.0. The second-order valence-electron chi connectivity index (χ2n) is 5.69. The average Bonchev–Trinajstić information content (AvgIpc) is 3.29. The van der Waals surface area contributed by atoms with Gasteiger partial charge in [-0.15, -0.1) is 0 Å². The summed E-state index contributed by atoms with van der Waals surface area (Å²) in [6.45, 7) is 0.518. The molecule has 5 heteroatoms. The van der Waals surface area contributed by atoms with Crippen LogP contribution in [0.25, 0.3) is 0 Å². The Morgan fingerprint density at radius 3 is 2.92 bits per heavy atom. The summed E-state index contributed by atoms with van der Waals surface area (Å²) in [6.07, 6.45) is 3.54. The van der Waals surface area contributed by atoms with Crippen molar-refractivity contribution in [3.05, 3.63) is 76.7 Å². The molecule has 0 saturated heterocycles. The third-order valence-corrected chi connectivity index (χ3v) is 4.80. The van der Waals surface area contributed by atoms with E-state index >= 15 is 0 Å². The number of fused-ring (bicyclic) bond motifs is 1. The molecule has 0 spiro atoms. The maximum absolute atomic E-state index is 13.1. The predicted octanol–water partition coefficient (Wildman–Crippen LogP) is 3.68. The third kappa shape index (κ3) is 2.90. The van der Waals surface area contributed by atoms with E-state index in [9.17, 15) is 4.79 Å². The van der Waals surface area contributed by atoms with E-state index in [0.717, 1.165) is 22.6 Å². The van der Waals surface area contributed by atoms with Crippen LogP contribution in [0.15, 0.2) is 65.6 Å². The Morgan fingerprint density at radius 2 is 2.17 bits per heavy atom. The molecule has 1 aromatic carbocycles. The lowest BCUT2D eigenvalue weighted by atomic mass is 10.1. The fourth-order valence-electron chi connectivity index (χ4n) is 2.87. The molecule has 4 rings (SSSR count). The number of anilines is 1. The minimum Gasteiger partial charge on any atom is -0.480 e. The van der Waals surface area contributed by atoms with Crippen LogP contribution < -0.4 is 9.64 Å². The summed E-state index contributed by atoms with van der Waals surface area (Å²) in [5.41, 5.74) is 2.97. The van der Waals surface area contributed by atoms with Crippen molar-refractivity contribution in [2.24, 2.45) is 0 Å². The second kappa shape index (κ2) is 6.45. The van der Waals surface area contributed by atoms with Crippen LogP contribution in [0.1, 0.15) is 11.1 Å². The molecule has 3 heterocycles. The highest BCUT2D eigenvalue weighted by Gasteiger charge is 2.33. The molecule has 3 aromatic rings. The fraction of sp³-hybridized carbons (Fsp3) is 0.158. The number of thiophene rings is 1. The minimum absolute atomic E-state index is 0.0367. The van der Waals surface area contributed by atoms with E-state index in [0.29, 0.717) is 13.0 Å². The molecule has 0 radical (unpaired) electrons. The average molecular weight is 336 g/mol. The second-order valence-corrected chi connectivity index (χ2v) is 6.47. The van der Waals surface area contributed by atoms with Crippen LogP contribution in [0, 0.1) is 0 Å². The molecule has 1 amide bonds. The van der Waals surface area contributed by atoms with Gasteiger partial charge in [0.2, 0.25) is 0 Å². The third-order valence-electron chi connectivity index (χ3n) is 4.07. The van der Waals surface area contributed by atoms with E-state index < -0.39 is 6.10 Å². The maximum atomic E-state index is 13.1. The Balaban J connectivity index is 1.60. The topological polar surface area (TPSA) is 42.4 Å². The quantitative estimate of drug-likeness (QED) is 0.730. The zero-order valence-corrected chi connectivity index (χ0v) is 13.8. The van der Waals surface area contributed by atoms with Crippen molar-refractivity contribution in [3.8, 4) is 5.75 Å². The van der Waals surface area contributed by atoms with Crippen LogP contribution in [0.3, 0.4) is 0 Å². The van der Waals surface area contributed by atoms with Gasteiger partial charge in [0, 0.05) is 12.6 Å². The summed E-state index contributed by atoms with van der Waals surface area (Å²) in [5, 5.41) is 4.07. The highest BCUT2D eigenvalue weighted by Crippen LogP contribution is 2.30. The van der Waals surface area contributed by atoms with Crippen molar-refractivity contribution >= 4 is 22.9 Å². The molecule has 0 N–H and O–H groups in total. The van der Waals surface area contributed by atoms with E-state index in [-0.39, 0.29) is 5.91 Å². The highest BCUT2D eigenvalue weighted by atomic mass is 32.1. The number of rotatable bonds is 4. The van der Waals surface area contributed by atoms with Crippen molar-refractivity contribution in [2.45, 2.75) is 19.1 Å².